The van der Waals surface area contributed by atoms with E-state index < -0.39 is 20.3 Å². The molecule has 0 aromatic carbocycles. The highest BCUT2D eigenvalue weighted by molar-refractivity contribution is 6.74. The first-order valence-electron chi connectivity index (χ1n) is 8.32. The first-order valence-corrected chi connectivity index (χ1v) is 11.2. The average molecular weight is 358 g/mol. The molecule has 0 spiro atoms. The van der Waals surface area contributed by atoms with Gasteiger partial charge in [-0.25, -0.2) is 5.06 Å². The molecule has 1 amide bonds. The highest BCUT2D eigenvalue weighted by Crippen LogP contribution is 2.36. The van der Waals surface area contributed by atoms with Crippen molar-refractivity contribution in [2.24, 2.45) is 5.92 Å². The van der Waals surface area contributed by atoms with Gasteiger partial charge in [-0.3, -0.25) is 9.63 Å². The van der Waals surface area contributed by atoms with Crippen LogP contribution in [0.3, 0.4) is 0 Å². The van der Waals surface area contributed by atoms with Crippen LogP contribution < -0.4 is 0 Å². The van der Waals surface area contributed by atoms with Crippen molar-refractivity contribution in [3.63, 3.8) is 0 Å². The summed E-state index contributed by atoms with van der Waals surface area (Å²) in [5, 5.41) is 11.4. The van der Waals surface area contributed by atoms with Gasteiger partial charge in [0.1, 0.15) is 0 Å². The highest BCUT2D eigenvalue weighted by atomic mass is 28.4. The summed E-state index contributed by atoms with van der Waals surface area (Å²) in [6.45, 7) is 15.2. The van der Waals surface area contributed by atoms with Crippen LogP contribution in [0.5, 0.6) is 0 Å². The molecule has 0 bridgehead atoms. The second kappa shape index (κ2) is 9.51. The predicted molar refractivity (Wildman–Crippen MR) is 101 cm³/mol. The lowest BCUT2D eigenvalue weighted by Crippen LogP contribution is -2.40. The quantitative estimate of drug-likeness (QED) is 0.410. The summed E-state index contributed by atoms with van der Waals surface area (Å²) in [6, 6.07) is 0. The van der Waals surface area contributed by atoms with Crippen LogP contribution >= 0.6 is 0 Å². The molecule has 1 N–H and O–H groups in total. The molecule has 0 fully saturated rings. The molecule has 140 valence electrons. The van der Waals surface area contributed by atoms with Crippen LogP contribution in [0.4, 0.5) is 0 Å². The van der Waals surface area contributed by atoms with Crippen molar-refractivity contribution in [1.29, 1.82) is 0 Å². The van der Waals surface area contributed by atoms with Gasteiger partial charge in [-0.05, 0) is 25.1 Å². The fourth-order valence-corrected chi connectivity index (χ4v) is 2.54. The van der Waals surface area contributed by atoms with E-state index in [-0.39, 0.29) is 10.9 Å². The normalized spacial score (nSPS) is 16.3. The van der Waals surface area contributed by atoms with Crippen LogP contribution in [0, 0.1) is 5.92 Å². The molecule has 0 unspecified atom stereocenters. The topological polar surface area (TPSA) is 59.0 Å². The molecule has 0 radical (unpaired) electrons. The molecule has 0 rings (SSSR count). The van der Waals surface area contributed by atoms with Gasteiger partial charge in [0.15, 0.2) is 8.32 Å². The van der Waals surface area contributed by atoms with Gasteiger partial charge >= 0.3 is 0 Å². The third-order valence-corrected chi connectivity index (χ3v) is 9.20. The van der Waals surface area contributed by atoms with Gasteiger partial charge in [-0.2, -0.15) is 0 Å². The molecule has 5 nitrogen and oxygen atoms in total. The predicted octanol–water partition coefficient (Wildman–Crippen LogP) is 3.53. The molecule has 0 aliphatic carbocycles. The van der Waals surface area contributed by atoms with E-state index >= 15 is 0 Å². The van der Waals surface area contributed by atoms with E-state index in [1.165, 1.54) is 14.2 Å². The van der Waals surface area contributed by atoms with E-state index in [9.17, 15) is 9.90 Å². The zero-order valence-corrected chi connectivity index (χ0v) is 17.7. The van der Waals surface area contributed by atoms with E-state index in [0.29, 0.717) is 6.61 Å². The van der Waals surface area contributed by atoms with Crippen molar-refractivity contribution in [2.45, 2.75) is 58.9 Å². The fourth-order valence-electron chi connectivity index (χ4n) is 1.61. The Kier molecular flexibility index (Phi) is 9.13. The van der Waals surface area contributed by atoms with Gasteiger partial charge in [0.05, 0.1) is 25.7 Å². The molecule has 0 aliphatic heterocycles. The average Bonchev–Trinajstić information content (AvgIpc) is 2.48. The van der Waals surface area contributed by atoms with Gasteiger partial charge in [0, 0.05) is 7.05 Å². The van der Waals surface area contributed by atoms with Gasteiger partial charge in [-0.1, -0.05) is 51.5 Å². The molecule has 0 saturated carbocycles. The number of hydrogen-bond donors (Lipinski definition) is 1. The summed E-state index contributed by atoms with van der Waals surface area (Å²) in [5.41, 5.74) is 0.993. The lowest BCUT2D eigenvalue weighted by Gasteiger charge is -2.35. The molecule has 24 heavy (non-hydrogen) atoms. The summed E-state index contributed by atoms with van der Waals surface area (Å²) in [7, 11) is 1.20. The van der Waals surface area contributed by atoms with Crippen molar-refractivity contribution in [3.05, 3.63) is 23.8 Å². The second-order valence-corrected chi connectivity index (χ2v) is 12.5. The van der Waals surface area contributed by atoms with Crippen LogP contribution in [-0.2, 0) is 14.1 Å². The molecular formula is C18H35NO4Si. The van der Waals surface area contributed by atoms with Crippen LogP contribution in [-0.4, -0.2) is 51.3 Å². The van der Waals surface area contributed by atoms with Crippen LogP contribution in [0.1, 0.15) is 34.6 Å². The minimum absolute atomic E-state index is 0.184. The lowest BCUT2D eigenvalue weighted by atomic mass is 10.0. The minimum Gasteiger partial charge on any atom is -0.413 e. The highest BCUT2D eigenvalue weighted by Gasteiger charge is 2.36. The standard InChI is InChI=1S/C18H35NO4Si/c1-14(12-13-23-24(8,9)18(3,4)5)10-11-16(20)15(2)17(21)19(6)22-7/h10-12,15-16,20H,13H2,1-9H3/b11-10+,14-12+/t15-,16+/m0/s1. The molecule has 0 aliphatic rings. The second-order valence-electron chi connectivity index (χ2n) is 7.68. The van der Waals surface area contributed by atoms with Crippen molar-refractivity contribution < 1.29 is 19.2 Å². The van der Waals surface area contributed by atoms with E-state index in [4.69, 9.17) is 9.26 Å². The van der Waals surface area contributed by atoms with E-state index in [0.717, 1.165) is 10.6 Å². The molecule has 0 aromatic heterocycles. The van der Waals surface area contributed by atoms with Crippen molar-refractivity contribution in [2.75, 3.05) is 20.8 Å². The van der Waals surface area contributed by atoms with Gasteiger partial charge in [0.25, 0.3) is 5.91 Å². The largest absolute Gasteiger partial charge is 0.413 e. The van der Waals surface area contributed by atoms with E-state index in [2.05, 4.69) is 33.9 Å². The van der Waals surface area contributed by atoms with E-state index in [1.54, 1.807) is 13.0 Å². The smallest absolute Gasteiger partial charge is 0.251 e. The first-order chi connectivity index (χ1) is 10.8. The summed E-state index contributed by atoms with van der Waals surface area (Å²) >= 11 is 0. The maximum atomic E-state index is 11.9. The summed E-state index contributed by atoms with van der Waals surface area (Å²) in [4.78, 5) is 16.8. The number of carbonyl (C=O) groups excluding carboxylic acids is 1. The fraction of sp³-hybridized carbons (Fsp3) is 0.722. The van der Waals surface area contributed by atoms with Crippen LogP contribution in [0.25, 0.3) is 0 Å². The maximum Gasteiger partial charge on any atom is 0.251 e. The number of rotatable bonds is 8. The Morgan fingerprint density at radius 2 is 1.88 bits per heavy atom. The Balaban J connectivity index is 4.62. The van der Waals surface area contributed by atoms with Crippen LogP contribution in [0.15, 0.2) is 23.8 Å². The van der Waals surface area contributed by atoms with E-state index in [1.807, 2.05) is 19.1 Å². The lowest BCUT2D eigenvalue weighted by molar-refractivity contribution is -0.175. The molecule has 0 saturated heterocycles. The summed E-state index contributed by atoms with van der Waals surface area (Å²) in [5.74, 6) is -0.833. The molecule has 0 aromatic rings. The van der Waals surface area contributed by atoms with Gasteiger partial charge in [0.2, 0.25) is 0 Å². The monoisotopic (exact) mass is 357 g/mol. The number of aliphatic hydroxyl groups is 1. The number of hydrogen-bond acceptors (Lipinski definition) is 4. The van der Waals surface area contributed by atoms with Gasteiger partial charge in [-0.15, -0.1) is 0 Å². The molecular weight excluding hydrogens is 322 g/mol. The third-order valence-electron chi connectivity index (χ3n) is 4.70. The molecule has 2 atom stereocenters. The Hall–Kier alpha value is -0.953. The molecule has 0 heterocycles. The summed E-state index contributed by atoms with van der Waals surface area (Å²) in [6.07, 6.45) is 4.58. The Labute approximate surface area is 148 Å². The molecule has 6 heteroatoms. The zero-order valence-electron chi connectivity index (χ0n) is 16.7. The number of nitrogens with zero attached hydrogens (tertiary/aromatic N) is 1. The summed E-state index contributed by atoms with van der Waals surface area (Å²) < 4.78 is 6.09. The SMILES string of the molecule is CON(C)C(=O)[C@@H](C)[C@H](O)/C=C/C(C)=C/CO[Si](C)(C)C(C)(C)C. The first kappa shape index (κ1) is 23.0. The number of allylic oxidation sites excluding steroid dienone is 2. The third kappa shape index (κ3) is 7.30. The maximum absolute atomic E-state index is 11.9. The Bertz CT molecular complexity index is 466. The van der Waals surface area contributed by atoms with Crippen LogP contribution in [0.2, 0.25) is 18.1 Å². The van der Waals surface area contributed by atoms with Gasteiger partial charge < -0.3 is 9.53 Å². The number of amides is 1. The van der Waals surface area contributed by atoms with Crippen molar-refractivity contribution >= 4 is 14.2 Å². The van der Waals surface area contributed by atoms with Crippen molar-refractivity contribution in [3.8, 4) is 0 Å². The minimum atomic E-state index is -1.75. The number of aliphatic hydroxyl groups excluding tert-OH is 1. The number of hydroxylamine groups is 2. The van der Waals surface area contributed by atoms with Crippen molar-refractivity contribution in [1.82, 2.24) is 5.06 Å². The zero-order chi connectivity index (χ0) is 19.1. The Morgan fingerprint density at radius 3 is 2.33 bits per heavy atom. The number of carbonyl (C=O) groups is 1. The Morgan fingerprint density at radius 1 is 1.33 bits per heavy atom.